The van der Waals surface area contributed by atoms with Crippen LogP contribution >= 0.6 is 0 Å². The normalized spacial score (nSPS) is 11.6. The number of aromatic nitrogens is 3. The minimum Gasteiger partial charge on any atom is -0.468 e. The summed E-state index contributed by atoms with van der Waals surface area (Å²) in [6.07, 6.45) is 1.48. The van der Waals surface area contributed by atoms with E-state index < -0.39 is 10.0 Å². The van der Waals surface area contributed by atoms with Crippen LogP contribution in [0.1, 0.15) is 23.0 Å². The first-order valence-electron chi connectivity index (χ1n) is 9.23. The van der Waals surface area contributed by atoms with E-state index in [1.807, 2.05) is 6.92 Å². The second-order valence-corrected chi connectivity index (χ2v) is 8.26. The van der Waals surface area contributed by atoms with Crippen LogP contribution in [0.5, 0.6) is 0 Å². The first-order chi connectivity index (χ1) is 14.5. The SMILES string of the molecule is CCn1nnc2cc(C(=O)Nc3ccc(S(=O)(=O)NCc4ccco4)cc3)ccc21. The summed E-state index contributed by atoms with van der Waals surface area (Å²) in [6.45, 7) is 2.71. The molecule has 0 bridgehead atoms. The Balaban J connectivity index is 1.44. The van der Waals surface area contributed by atoms with Crippen molar-refractivity contribution in [2.45, 2.75) is 24.9 Å². The first kappa shape index (κ1) is 19.8. The lowest BCUT2D eigenvalue weighted by Crippen LogP contribution is -2.23. The maximum Gasteiger partial charge on any atom is 0.255 e. The van der Waals surface area contributed by atoms with Crippen molar-refractivity contribution in [2.75, 3.05) is 5.32 Å². The van der Waals surface area contributed by atoms with Gasteiger partial charge in [0.1, 0.15) is 11.3 Å². The van der Waals surface area contributed by atoms with Gasteiger partial charge in [-0.1, -0.05) is 5.21 Å². The van der Waals surface area contributed by atoms with E-state index in [0.717, 1.165) is 5.52 Å². The third-order valence-corrected chi connectivity index (χ3v) is 5.93. The Morgan fingerprint density at radius 3 is 2.63 bits per heavy atom. The molecule has 0 atom stereocenters. The molecule has 2 aromatic heterocycles. The van der Waals surface area contributed by atoms with E-state index in [1.165, 1.54) is 30.5 Å². The molecule has 4 rings (SSSR count). The average Bonchev–Trinajstić information content (AvgIpc) is 3.42. The molecule has 2 heterocycles. The highest BCUT2D eigenvalue weighted by atomic mass is 32.2. The summed E-state index contributed by atoms with van der Waals surface area (Å²) < 4.78 is 34.1. The molecule has 0 aliphatic carbocycles. The summed E-state index contributed by atoms with van der Waals surface area (Å²) in [5.74, 6) is 0.188. The zero-order chi connectivity index (χ0) is 21.1. The van der Waals surface area contributed by atoms with Crippen LogP contribution < -0.4 is 10.0 Å². The Hall–Kier alpha value is -3.50. The van der Waals surface area contributed by atoms with Gasteiger partial charge in [0, 0.05) is 17.8 Å². The van der Waals surface area contributed by atoms with Gasteiger partial charge in [0.05, 0.1) is 23.2 Å². The molecule has 0 spiro atoms. The number of amides is 1. The van der Waals surface area contributed by atoms with E-state index in [0.29, 0.717) is 29.1 Å². The van der Waals surface area contributed by atoms with Crippen molar-refractivity contribution in [1.82, 2.24) is 19.7 Å². The number of rotatable bonds is 7. The Kier molecular flexibility index (Phi) is 5.34. The first-order valence-corrected chi connectivity index (χ1v) is 10.7. The molecule has 0 fully saturated rings. The smallest absolute Gasteiger partial charge is 0.255 e. The maximum atomic E-state index is 12.5. The predicted octanol–water partition coefficient (Wildman–Crippen LogP) is 2.78. The van der Waals surface area contributed by atoms with E-state index in [2.05, 4.69) is 20.4 Å². The van der Waals surface area contributed by atoms with Gasteiger partial charge in [0.15, 0.2) is 0 Å². The van der Waals surface area contributed by atoms with Gasteiger partial charge in [0.25, 0.3) is 5.91 Å². The lowest BCUT2D eigenvalue weighted by atomic mass is 10.2. The largest absolute Gasteiger partial charge is 0.468 e. The second kappa shape index (κ2) is 8.09. The molecule has 0 radical (unpaired) electrons. The van der Waals surface area contributed by atoms with Gasteiger partial charge in [-0.15, -0.1) is 5.10 Å². The van der Waals surface area contributed by atoms with Gasteiger partial charge >= 0.3 is 0 Å². The van der Waals surface area contributed by atoms with Crippen LogP contribution in [0.15, 0.2) is 70.2 Å². The van der Waals surface area contributed by atoms with Crippen LogP contribution in [-0.2, 0) is 23.1 Å². The van der Waals surface area contributed by atoms with Gasteiger partial charge in [-0.25, -0.2) is 17.8 Å². The van der Waals surface area contributed by atoms with Crippen LogP contribution in [0.25, 0.3) is 11.0 Å². The van der Waals surface area contributed by atoms with Gasteiger partial charge in [0.2, 0.25) is 10.0 Å². The number of carbonyl (C=O) groups excluding carboxylic acids is 1. The van der Waals surface area contributed by atoms with E-state index in [-0.39, 0.29) is 17.3 Å². The zero-order valence-corrected chi connectivity index (χ0v) is 16.9. The molecule has 4 aromatic rings. The molecule has 154 valence electrons. The molecule has 0 unspecified atom stereocenters. The van der Waals surface area contributed by atoms with Crippen LogP contribution in [0.4, 0.5) is 5.69 Å². The number of furan rings is 1. The highest BCUT2D eigenvalue weighted by Crippen LogP contribution is 2.18. The molecular weight excluding hydrogens is 406 g/mol. The van der Waals surface area contributed by atoms with E-state index in [4.69, 9.17) is 4.42 Å². The average molecular weight is 425 g/mol. The van der Waals surface area contributed by atoms with Crippen molar-refractivity contribution in [3.05, 3.63) is 72.2 Å². The number of sulfonamides is 1. The van der Waals surface area contributed by atoms with Crippen LogP contribution in [0.2, 0.25) is 0 Å². The van der Waals surface area contributed by atoms with Gasteiger partial charge in [-0.3, -0.25) is 4.79 Å². The Bertz CT molecular complexity index is 1280. The summed E-state index contributed by atoms with van der Waals surface area (Å²) in [4.78, 5) is 12.6. The fourth-order valence-corrected chi connectivity index (χ4v) is 3.92. The number of hydrogen-bond acceptors (Lipinski definition) is 6. The summed E-state index contributed by atoms with van der Waals surface area (Å²) >= 11 is 0. The Labute approximate surface area is 172 Å². The van der Waals surface area contributed by atoms with Gasteiger partial charge in [-0.2, -0.15) is 0 Å². The van der Waals surface area contributed by atoms with E-state index in [9.17, 15) is 13.2 Å². The molecule has 0 aliphatic rings. The molecule has 1 amide bonds. The van der Waals surface area contributed by atoms with Crippen molar-refractivity contribution in [2.24, 2.45) is 0 Å². The summed E-state index contributed by atoms with van der Waals surface area (Å²) in [5.41, 5.74) is 2.39. The van der Waals surface area contributed by atoms with Crippen molar-refractivity contribution in [3.63, 3.8) is 0 Å². The minimum atomic E-state index is -3.70. The van der Waals surface area contributed by atoms with E-state index >= 15 is 0 Å². The summed E-state index contributed by atoms with van der Waals surface area (Å²) in [7, 11) is -3.70. The highest BCUT2D eigenvalue weighted by molar-refractivity contribution is 7.89. The summed E-state index contributed by atoms with van der Waals surface area (Å²) in [5, 5.41) is 10.8. The number of nitrogens with one attached hydrogen (secondary N) is 2. The van der Waals surface area contributed by atoms with Crippen molar-refractivity contribution >= 4 is 32.7 Å². The number of benzene rings is 2. The van der Waals surface area contributed by atoms with E-state index in [1.54, 1.807) is 35.0 Å². The van der Waals surface area contributed by atoms with Crippen molar-refractivity contribution in [1.29, 1.82) is 0 Å². The molecule has 0 saturated heterocycles. The molecule has 9 nitrogen and oxygen atoms in total. The molecule has 30 heavy (non-hydrogen) atoms. The Morgan fingerprint density at radius 2 is 1.93 bits per heavy atom. The van der Waals surface area contributed by atoms with Crippen LogP contribution in [0, 0.1) is 0 Å². The molecule has 0 saturated carbocycles. The van der Waals surface area contributed by atoms with Crippen LogP contribution in [0.3, 0.4) is 0 Å². The van der Waals surface area contributed by atoms with Crippen molar-refractivity contribution < 1.29 is 17.6 Å². The molecular formula is C20H19N5O4S. The number of nitrogens with zero attached hydrogens (tertiary/aromatic N) is 3. The Morgan fingerprint density at radius 1 is 1.13 bits per heavy atom. The molecule has 2 aromatic carbocycles. The van der Waals surface area contributed by atoms with Crippen LogP contribution in [-0.4, -0.2) is 29.3 Å². The number of carbonyl (C=O) groups is 1. The summed E-state index contributed by atoms with van der Waals surface area (Å²) in [6, 6.07) is 14.5. The topological polar surface area (TPSA) is 119 Å². The fraction of sp³-hybridized carbons (Fsp3) is 0.150. The highest BCUT2D eigenvalue weighted by Gasteiger charge is 2.15. The van der Waals surface area contributed by atoms with Crippen molar-refractivity contribution in [3.8, 4) is 0 Å². The zero-order valence-electron chi connectivity index (χ0n) is 16.1. The second-order valence-electron chi connectivity index (χ2n) is 6.49. The fourth-order valence-electron chi connectivity index (χ4n) is 2.93. The number of anilines is 1. The standard InChI is InChI=1S/C20H19N5O4S/c1-2-25-19-10-5-14(12-18(19)23-24-25)20(26)22-15-6-8-17(9-7-15)30(27,28)21-13-16-4-3-11-29-16/h3-12,21H,2,13H2,1H3,(H,22,26). The molecule has 0 aliphatic heterocycles. The number of fused-ring (bicyclic) bond motifs is 1. The number of aryl methyl sites for hydroxylation is 1. The van der Waals surface area contributed by atoms with Gasteiger partial charge in [-0.05, 0) is 61.5 Å². The quantitative estimate of drug-likeness (QED) is 0.470. The third kappa shape index (κ3) is 4.09. The maximum absolute atomic E-state index is 12.5. The lowest BCUT2D eigenvalue weighted by molar-refractivity contribution is 0.102. The monoisotopic (exact) mass is 425 g/mol. The predicted molar refractivity (Wildman–Crippen MR) is 110 cm³/mol. The van der Waals surface area contributed by atoms with Gasteiger partial charge < -0.3 is 9.73 Å². The minimum absolute atomic E-state index is 0.0545. The third-order valence-electron chi connectivity index (χ3n) is 4.51. The number of hydrogen-bond donors (Lipinski definition) is 2. The molecule has 2 N–H and O–H groups in total. The molecule has 10 heteroatoms. The lowest BCUT2D eigenvalue weighted by Gasteiger charge is -2.08.